The van der Waals surface area contributed by atoms with Crippen molar-refractivity contribution in [1.29, 1.82) is 0 Å². The van der Waals surface area contributed by atoms with Crippen LogP contribution in [0, 0.1) is 0 Å². The first-order valence-corrected chi connectivity index (χ1v) is 14.7. The van der Waals surface area contributed by atoms with Crippen LogP contribution in [-0.2, 0) is 9.59 Å². The summed E-state index contributed by atoms with van der Waals surface area (Å²) in [6, 6.07) is 9.04. The fourth-order valence-electron chi connectivity index (χ4n) is 4.73. The smallest absolute Gasteiger partial charge is 0.352 e. The van der Waals surface area contributed by atoms with Crippen LogP contribution in [0.5, 0.6) is 5.75 Å². The van der Waals surface area contributed by atoms with E-state index in [0.29, 0.717) is 18.6 Å². The summed E-state index contributed by atoms with van der Waals surface area (Å²) in [6.45, 7) is 4.28. The Labute approximate surface area is 221 Å². The summed E-state index contributed by atoms with van der Waals surface area (Å²) in [4.78, 5) is 27.7. The second kappa shape index (κ2) is 20.2. The summed E-state index contributed by atoms with van der Waals surface area (Å²) < 4.78 is 5.63. The van der Waals surface area contributed by atoms with Crippen molar-refractivity contribution < 1.29 is 14.3 Å². The van der Waals surface area contributed by atoms with Gasteiger partial charge in [0.1, 0.15) is 5.75 Å². The topological polar surface area (TPSA) is 58.6 Å². The van der Waals surface area contributed by atoms with Crippen molar-refractivity contribution in [2.45, 2.75) is 135 Å². The molecule has 0 aliphatic rings. The molecule has 1 amide bonds. The number of hydrogen-bond acceptors (Lipinski definition) is 4. The highest BCUT2D eigenvalue weighted by molar-refractivity contribution is 5.88. The summed E-state index contributed by atoms with van der Waals surface area (Å²) in [5.41, 5.74) is -1.16. The third-order valence-corrected chi connectivity index (χ3v) is 7.02. The van der Waals surface area contributed by atoms with Crippen LogP contribution in [0.15, 0.2) is 30.3 Å². The molecule has 0 saturated carbocycles. The van der Waals surface area contributed by atoms with Crippen molar-refractivity contribution >= 4 is 11.9 Å². The third kappa shape index (κ3) is 13.4. The predicted molar refractivity (Wildman–Crippen MR) is 151 cm³/mol. The maximum atomic E-state index is 13.1. The zero-order valence-corrected chi connectivity index (χ0v) is 23.8. The van der Waals surface area contributed by atoms with Gasteiger partial charge in [0.05, 0.1) is 0 Å². The van der Waals surface area contributed by atoms with Gasteiger partial charge in [-0.3, -0.25) is 9.69 Å². The van der Waals surface area contributed by atoms with Crippen LogP contribution in [0.25, 0.3) is 0 Å². The van der Waals surface area contributed by atoms with Crippen LogP contribution < -0.4 is 10.1 Å². The Morgan fingerprint density at radius 1 is 0.722 bits per heavy atom. The molecule has 0 aliphatic carbocycles. The van der Waals surface area contributed by atoms with Gasteiger partial charge < -0.3 is 10.1 Å². The second-order valence-corrected chi connectivity index (χ2v) is 10.5. The number of rotatable bonds is 22. The van der Waals surface area contributed by atoms with E-state index >= 15 is 0 Å². The van der Waals surface area contributed by atoms with E-state index in [1.165, 1.54) is 83.5 Å². The Kier molecular flexibility index (Phi) is 18.0. The molecule has 0 spiro atoms. The normalized spacial score (nSPS) is 12.9. The van der Waals surface area contributed by atoms with Crippen LogP contribution >= 0.6 is 0 Å². The zero-order chi connectivity index (χ0) is 26.5. The highest BCUT2D eigenvalue weighted by Crippen LogP contribution is 2.21. The van der Waals surface area contributed by atoms with Crippen molar-refractivity contribution in [3.8, 4) is 5.75 Å². The number of amides is 1. The summed E-state index contributed by atoms with van der Waals surface area (Å²) in [5, 5.41) is 3.01. The molecule has 0 radical (unpaired) electrons. The number of benzene rings is 1. The number of para-hydroxylation sites is 1. The van der Waals surface area contributed by atoms with Gasteiger partial charge in [-0.25, -0.2) is 4.79 Å². The van der Waals surface area contributed by atoms with Crippen LogP contribution in [0.2, 0.25) is 0 Å². The fourth-order valence-corrected chi connectivity index (χ4v) is 4.73. The van der Waals surface area contributed by atoms with Crippen molar-refractivity contribution in [1.82, 2.24) is 10.2 Å². The van der Waals surface area contributed by atoms with Crippen LogP contribution in [-0.4, -0.2) is 36.5 Å². The minimum absolute atomic E-state index is 0.0862. The van der Waals surface area contributed by atoms with E-state index in [1.807, 2.05) is 39.2 Å². The quantitative estimate of drug-likeness (QED) is 0.0754. The number of hydrogen-bond donors (Lipinski definition) is 1. The van der Waals surface area contributed by atoms with E-state index in [9.17, 15) is 9.59 Å². The number of nitrogens with one attached hydrogen (secondary N) is 1. The lowest BCUT2D eigenvalue weighted by atomic mass is 10.0. The van der Waals surface area contributed by atoms with Crippen molar-refractivity contribution in [3.05, 3.63) is 30.3 Å². The number of ether oxygens (including phenoxy) is 1. The largest absolute Gasteiger partial charge is 0.424 e. The van der Waals surface area contributed by atoms with E-state index in [2.05, 4.69) is 12.2 Å². The Morgan fingerprint density at radius 2 is 1.19 bits per heavy atom. The first-order chi connectivity index (χ1) is 17.5. The van der Waals surface area contributed by atoms with Gasteiger partial charge in [0.2, 0.25) is 5.91 Å². The monoisotopic (exact) mass is 502 g/mol. The predicted octanol–water partition coefficient (Wildman–Crippen LogP) is 8.03. The number of carbonyl (C=O) groups is 2. The molecule has 1 aromatic rings. The molecule has 0 aromatic heterocycles. The molecule has 1 atom stereocenters. The van der Waals surface area contributed by atoms with Crippen molar-refractivity contribution in [3.63, 3.8) is 0 Å². The van der Waals surface area contributed by atoms with Gasteiger partial charge in [0.15, 0.2) is 5.66 Å². The summed E-state index contributed by atoms with van der Waals surface area (Å²) in [7, 11) is 3.63. The summed E-state index contributed by atoms with van der Waals surface area (Å²) in [5.74, 6) is -0.0382. The Balaban J connectivity index is 2.23. The van der Waals surface area contributed by atoms with Crippen LogP contribution in [0.1, 0.15) is 129 Å². The van der Waals surface area contributed by atoms with Gasteiger partial charge >= 0.3 is 5.97 Å². The van der Waals surface area contributed by atoms with Gasteiger partial charge in [-0.05, 0) is 39.1 Å². The number of carbonyl (C=O) groups excluding carboxylic acids is 2. The van der Waals surface area contributed by atoms with E-state index in [-0.39, 0.29) is 5.91 Å². The van der Waals surface area contributed by atoms with Crippen LogP contribution in [0.3, 0.4) is 0 Å². The molecule has 5 nitrogen and oxygen atoms in total. The average molecular weight is 503 g/mol. The zero-order valence-electron chi connectivity index (χ0n) is 23.8. The number of unbranched alkanes of at least 4 members (excludes halogenated alkanes) is 14. The first kappa shape index (κ1) is 32.1. The second-order valence-electron chi connectivity index (χ2n) is 10.5. The highest BCUT2D eigenvalue weighted by atomic mass is 16.5. The molecule has 5 heteroatoms. The molecule has 206 valence electrons. The lowest BCUT2D eigenvalue weighted by Crippen LogP contribution is -2.64. The number of likely N-dealkylation sites (N-methyl/N-ethyl adjacent to an activating group) is 1. The molecule has 36 heavy (non-hydrogen) atoms. The Bertz CT molecular complexity index is 692. The molecule has 0 fully saturated rings. The Morgan fingerprint density at radius 3 is 1.64 bits per heavy atom. The lowest BCUT2D eigenvalue weighted by Gasteiger charge is -2.37. The van der Waals surface area contributed by atoms with Gasteiger partial charge in [-0.15, -0.1) is 0 Å². The average Bonchev–Trinajstić information content (AvgIpc) is 2.86. The van der Waals surface area contributed by atoms with Crippen LogP contribution in [0.4, 0.5) is 0 Å². The number of esters is 1. The minimum Gasteiger partial charge on any atom is -0.424 e. The summed E-state index contributed by atoms with van der Waals surface area (Å²) >= 11 is 0. The molecule has 0 bridgehead atoms. The molecule has 1 N–H and O–H groups in total. The molecule has 1 rings (SSSR count). The molecule has 1 aromatic carbocycles. The lowest BCUT2D eigenvalue weighted by molar-refractivity contribution is -0.153. The molecular weight excluding hydrogens is 448 g/mol. The maximum Gasteiger partial charge on any atom is 0.352 e. The molecular formula is C31H54N2O3. The van der Waals surface area contributed by atoms with E-state index < -0.39 is 11.6 Å². The van der Waals surface area contributed by atoms with Crippen molar-refractivity contribution in [2.75, 3.05) is 14.1 Å². The van der Waals surface area contributed by atoms with Gasteiger partial charge in [0, 0.05) is 6.42 Å². The van der Waals surface area contributed by atoms with Gasteiger partial charge in [-0.2, -0.15) is 0 Å². The maximum absolute atomic E-state index is 13.1. The first-order valence-electron chi connectivity index (χ1n) is 14.7. The van der Waals surface area contributed by atoms with E-state index in [1.54, 1.807) is 17.0 Å². The minimum atomic E-state index is -1.16. The standard InChI is InChI=1S/C31H54N2O3/c1-5-7-8-9-10-11-12-13-14-15-16-17-18-19-23-26-29(34)32-31(27-6-2,33(3)4)30(35)36-28-24-21-20-22-25-28/h20-22,24-25H,5-19,23,26-27H2,1-4H3,(H,32,34). The molecule has 0 heterocycles. The number of nitrogens with zero attached hydrogens (tertiary/aromatic N) is 1. The van der Waals surface area contributed by atoms with E-state index in [4.69, 9.17) is 4.74 Å². The third-order valence-electron chi connectivity index (χ3n) is 7.02. The Hall–Kier alpha value is -1.88. The molecule has 1 unspecified atom stereocenters. The van der Waals surface area contributed by atoms with Gasteiger partial charge in [-0.1, -0.05) is 128 Å². The van der Waals surface area contributed by atoms with Gasteiger partial charge in [0.25, 0.3) is 0 Å². The fraction of sp³-hybridized carbons (Fsp3) is 0.742. The summed E-state index contributed by atoms with van der Waals surface area (Å²) in [6.07, 6.45) is 21.2. The molecule has 0 saturated heterocycles. The van der Waals surface area contributed by atoms with E-state index in [0.717, 1.165) is 19.3 Å². The van der Waals surface area contributed by atoms with Crippen molar-refractivity contribution in [2.24, 2.45) is 0 Å². The highest BCUT2D eigenvalue weighted by Gasteiger charge is 2.43. The molecule has 0 aliphatic heterocycles. The SMILES string of the molecule is CCCCCCCCCCCCCCCCCC(=O)NC(CCC)(C(=O)Oc1ccccc1)N(C)C.